The highest BCUT2D eigenvalue weighted by Crippen LogP contribution is 2.42. The number of hydrogen-bond acceptors (Lipinski definition) is 4. The Morgan fingerprint density at radius 3 is 2.72 bits per heavy atom. The molecule has 4 atom stereocenters. The number of ether oxygens (including phenoxy) is 2. The maximum Gasteiger partial charge on any atom is 0.332 e. The van der Waals surface area contributed by atoms with Crippen molar-refractivity contribution in [3.8, 4) is 0 Å². The van der Waals surface area contributed by atoms with E-state index in [9.17, 15) is 4.79 Å². The van der Waals surface area contributed by atoms with Crippen molar-refractivity contribution in [3.63, 3.8) is 0 Å². The molecule has 0 spiro atoms. The summed E-state index contributed by atoms with van der Waals surface area (Å²) < 4.78 is 10.9. The summed E-state index contributed by atoms with van der Waals surface area (Å²) in [6.07, 6.45) is 2.19. The fourth-order valence-corrected chi connectivity index (χ4v) is 2.94. The molecule has 0 bridgehead atoms. The molecule has 2 aliphatic rings. The van der Waals surface area contributed by atoms with E-state index >= 15 is 0 Å². The summed E-state index contributed by atoms with van der Waals surface area (Å²) in [4.78, 5) is 10.8. The molecule has 2 rings (SSSR count). The van der Waals surface area contributed by atoms with E-state index in [2.05, 4.69) is 19.2 Å². The Labute approximate surface area is 108 Å². The molecule has 1 saturated heterocycles. The Balaban J connectivity index is 1.72. The van der Waals surface area contributed by atoms with Crippen LogP contribution in [0.25, 0.3) is 0 Å². The van der Waals surface area contributed by atoms with Gasteiger partial charge in [-0.15, -0.1) is 0 Å². The average Bonchev–Trinajstić information content (AvgIpc) is 2.76. The van der Waals surface area contributed by atoms with E-state index in [0.717, 1.165) is 19.4 Å². The minimum absolute atomic E-state index is 0.0310. The standard InChI is InChI=1S/C13H23NO4/c1-13(2)10(6-11(13)17-3)14-7-8-4-5-9(18-8)12(15)16/h8-11,14H,4-7H2,1-3H3,(H,15,16). The summed E-state index contributed by atoms with van der Waals surface area (Å²) in [5.41, 5.74) is 0.138. The molecule has 5 heteroatoms. The molecular weight excluding hydrogens is 234 g/mol. The molecule has 104 valence electrons. The molecule has 4 unspecified atom stereocenters. The van der Waals surface area contributed by atoms with Gasteiger partial charge < -0.3 is 19.9 Å². The first kappa shape index (κ1) is 13.8. The quantitative estimate of drug-likeness (QED) is 0.769. The van der Waals surface area contributed by atoms with Crippen LogP contribution in [-0.4, -0.2) is 49.1 Å². The van der Waals surface area contributed by atoms with Gasteiger partial charge in [0.25, 0.3) is 0 Å². The van der Waals surface area contributed by atoms with Crippen LogP contribution in [0.5, 0.6) is 0 Å². The largest absolute Gasteiger partial charge is 0.479 e. The van der Waals surface area contributed by atoms with E-state index < -0.39 is 12.1 Å². The molecule has 0 aromatic rings. The third kappa shape index (κ3) is 2.53. The van der Waals surface area contributed by atoms with Crippen LogP contribution in [-0.2, 0) is 14.3 Å². The van der Waals surface area contributed by atoms with Crippen molar-refractivity contribution in [2.24, 2.45) is 5.41 Å². The SMILES string of the molecule is COC1CC(NCC2CCC(C(=O)O)O2)C1(C)C. The number of carboxylic acids is 1. The maximum absolute atomic E-state index is 10.8. The molecule has 0 aromatic carbocycles. The van der Waals surface area contributed by atoms with Gasteiger partial charge in [0.05, 0.1) is 12.2 Å². The number of aliphatic carboxylic acids is 1. The molecule has 1 aliphatic heterocycles. The van der Waals surface area contributed by atoms with Crippen LogP contribution >= 0.6 is 0 Å². The van der Waals surface area contributed by atoms with Crippen LogP contribution in [0.4, 0.5) is 0 Å². The molecule has 5 nitrogen and oxygen atoms in total. The normalized spacial score (nSPS) is 38.4. The van der Waals surface area contributed by atoms with Gasteiger partial charge in [-0.3, -0.25) is 0 Å². The van der Waals surface area contributed by atoms with E-state index in [1.165, 1.54) is 0 Å². The first-order valence-electron chi connectivity index (χ1n) is 6.59. The van der Waals surface area contributed by atoms with Crippen molar-refractivity contribution < 1.29 is 19.4 Å². The molecule has 2 N–H and O–H groups in total. The highest BCUT2D eigenvalue weighted by Gasteiger charge is 2.48. The van der Waals surface area contributed by atoms with Gasteiger partial charge in [0, 0.05) is 25.1 Å². The first-order chi connectivity index (χ1) is 8.45. The minimum Gasteiger partial charge on any atom is -0.479 e. The zero-order valence-electron chi connectivity index (χ0n) is 11.3. The summed E-state index contributed by atoms with van der Waals surface area (Å²) >= 11 is 0. The molecule has 2 fully saturated rings. The summed E-state index contributed by atoms with van der Waals surface area (Å²) in [6, 6.07) is 0.426. The highest BCUT2D eigenvalue weighted by molar-refractivity contribution is 5.72. The lowest BCUT2D eigenvalue weighted by atomic mass is 9.64. The minimum atomic E-state index is -0.846. The number of nitrogens with one attached hydrogen (secondary N) is 1. The van der Waals surface area contributed by atoms with Crippen LogP contribution in [0.1, 0.15) is 33.1 Å². The van der Waals surface area contributed by atoms with Gasteiger partial charge >= 0.3 is 5.97 Å². The van der Waals surface area contributed by atoms with Crippen molar-refractivity contribution in [2.75, 3.05) is 13.7 Å². The molecule has 0 amide bonds. The lowest BCUT2D eigenvalue weighted by Crippen LogP contribution is -2.61. The van der Waals surface area contributed by atoms with E-state index in [4.69, 9.17) is 14.6 Å². The van der Waals surface area contributed by atoms with Gasteiger partial charge in [-0.2, -0.15) is 0 Å². The number of carbonyl (C=O) groups is 1. The Kier molecular flexibility index (Phi) is 3.94. The van der Waals surface area contributed by atoms with Gasteiger partial charge in [-0.1, -0.05) is 13.8 Å². The van der Waals surface area contributed by atoms with Crippen LogP contribution in [0.3, 0.4) is 0 Å². The maximum atomic E-state index is 10.8. The number of carboxylic acid groups (broad SMARTS) is 1. The zero-order valence-corrected chi connectivity index (χ0v) is 11.3. The predicted molar refractivity (Wildman–Crippen MR) is 66.5 cm³/mol. The number of rotatable bonds is 5. The van der Waals surface area contributed by atoms with Crippen LogP contribution < -0.4 is 5.32 Å². The third-order valence-corrected chi connectivity index (χ3v) is 4.44. The van der Waals surface area contributed by atoms with Gasteiger partial charge in [0.15, 0.2) is 6.10 Å². The third-order valence-electron chi connectivity index (χ3n) is 4.44. The monoisotopic (exact) mass is 257 g/mol. The first-order valence-corrected chi connectivity index (χ1v) is 6.59. The summed E-state index contributed by atoms with van der Waals surface area (Å²) in [6.45, 7) is 5.12. The number of methoxy groups -OCH3 is 1. The average molecular weight is 257 g/mol. The highest BCUT2D eigenvalue weighted by atomic mass is 16.5. The fraction of sp³-hybridized carbons (Fsp3) is 0.923. The molecule has 18 heavy (non-hydrogen) atoms. The molecule has 1 aliphatic carbocycles. The summed E-state index contributed by atoms with van der Waals surface area (Å²) in [5.74, 6) is -0.846. The number of hydrogen-bond donors (Lipinski definition) is 2. The summed E-state index contributed by atoms with van der Waals surface area (Å²) in [5, 5.41) is 12.3. The van der Waals surface area contributed by atoms with Crippen LogP contribution in [0.15, 0.2) is 0 Å². The van der Waals surface area contributed by atoms with E-state index in [1.807, 2.05) is 0 Å². The van der Waals surface area contributed by atoms with E-state index in [1.54, 1.807) is 7.11 Å². The van der Waals surface area contributed by atoms with E-state index in [0.29, 0.717) is 18.6 Å². The smallest absolute Gasteiger partial charge is 0.332 e. The Bertz CT molecular complexity index is 318. The Morgan fingerprint density at radius 2 is 2.22 bits per heavy atom. The second-order valence-electron chi connectivity index (χ2n) is 5.90. The van der Waals surface area contributed by atoms with Crippen molar-refractivity contribution in [1.82, 2.24) is 5.32 Å². The van der Waals surface area contributed by atoms with Crippen molar-refractivity contribution in [2.45, 2.75) is 57.5 Å². The second kappa shape index (κ2) is 5.15. The molecule has 1 heterocycles. The molecular formula is C13H23NO4. The van der Waals surface area contributed by atoms with Crippen molar-refractivity contribution in [3.05, 3.63) is 0 Å². The van der Waals surface area contributed by atoms with Crippen LogP contribution in [0.2, 0.25) is 0 Å². The van der Waals surface area contributed by atoms with Crippen molar-refractivity contribution >= 4 is 5.97 Å². The van der Waals surface area contributed by atoms with Gasteiger partial charge in [-0.25, -0.2) is 4.79 Å². The van der Waals surface area contributed by atoms with Crippen molar-refractivity contribution in [1.29, 1.82) is 0 Å². The lowest BCUT2D eigenvalue weighted by molar-refractivity contribution is -0.149. The summed E-state index contributed by atoms with van der Waals surface area (Å²) in [7, 11) is 1.75. The van der Waals surface area contributed by atoms with Gasteiger partial charge in [0.1, 0.15) is 0 Å². The van der Waals surface area contributed by atoms with Gasteiger partial charge in [-0.05, 0) is 19.3 Å². The molecule has 0 radical (unpaired) electrons. The molecule has 1 saturated carbocycles. The molecule has 0 aromatic heterocycles. The van der Waals surface area contributed by atoms with E-state index in [-0.39, 0.29) is 11.5 Å². The fourth-order valence-electron chi connectivity index (χ4n) is 2.94. The second-order valence-corrected chi connectivity index (χ2v) is 5.90. The van der Waals surface area contributed by atoms with Gasteiger partial charge in [0.2, 0.25) is 0 Å². The zero-order chi connectivity index (χ0) is 13.3. The Morgan fingerprint density at radius 1 is 1.50 bits per heavy atom. The Hall–Kier alpha value is -0.650. The topological polar surface area (TPSA) is 67.8 Å². The predicted octanol–water partition coefficient (Wildman–Crippen LogP) is 1.02. The van der Waals surface area contributed by atoms with Crippen LogP contribution in [0, 0.1) is 5.41 Å². The lowest BCUT2D eigenvalue weighted by Gasteiger charge is -2.51.